The lowest BCUT2D eigenvalue weighted by Gasteiger charge is -2.33. The van der Waals surface area contributed by atoms with Gasteiger partial charge in [0.25, 0.3) is 0 Å². The average Bonchev–Trinajstić information content (AvgIpc) is 2.59. The first-order valence-electron chi connectivity index (χ1n) is 10.6. The fraction of sp³-hybridized carbons (Fsp3) is 0.600. The van der Waals surface area contributed by atoms with Gasteiger partial charge in [-0.1, -0.05) is 54.3 Å². The number of benzene rings is 1. The fourth-order valence-corrected chi connectivity index (χ4v) is 4.58. The van der Waals surface area contributed by atoms with Gasteiger partial charge < -0.3 is 5.73 Å². The molecule has 0 bridgehead atoms. The van der Waals surface area contributed by atoms with Crippen LogP contribution in [0.15, 0.2) is 36.4 Å². The second kappa shape index (κ2) is 10.1. The molecule has 1 heteroatoms. The fourth-order valence-electron chi connectivity index (χ4n) is 4.58. The Morgan fingerprint density at radius 2 is 1.88 bits per heavy atom. The normalized spacial score (nSPS) is 19.7. The molecule has 1 aromatic carbocycles. The lowest BCUT2D eigenvalue weighted by atomic mass is 9.76. The zero-order valence-electron chi connectivity index (χ0n) is 17.5. The molecule has 0 spiro atoms. The van der Waals surface area contributed by atoms with Crippen LogP contribution in [-0.4, -0.2) is 6.04 Å². The summed E-state index contributed by atoms with van der Waals surface area (Å²) in [6.07, 6.45) is 12.2. The molecule has 1 aliphatic carbocycles. The lowest BCUT2D eigenvalue weighted by Crippen LogP contribution is -2.38. The molecular formula is C25H39N. The molecule has 1 aromatic rings. The van der Waals surface area contributed by atoms with Crippen molar-refractivity contribution in [3.05, 3.63) is 53.1 Å². The van der Waals surface area contributed by atoms with Gasteiger partial charge in [-0.2, -0.15) is 0 Å². The Morgan fingerprint density at radius 1 is 1.19 bits per heavy atom. The maximum Gasteiger partial charge on any atom is 0.00987 e. The van der Waals surface area contributed by atoms with Crippen LogP contribution in [0.4, 0.5) is 0 Å². The summed E-state index contributed by atoms with van der Waals surface area (Å²) in [5.41, 5.74) is 13.7. The highest BCUT2D eigenvalue weighted by atomic mass is 14.7. The molecule has 3 atom stereocenters. The molecule has 2 rings (SSSR count). The second-order valence-electron chi connectivity index (χ2n) is 8.62. The van der Waals surface area contributed by atoms with E-state index in [2.05, 4.69) is 58.5 Å². The van der Waals surface area contributed by atoms with Gasteiger partial charge in [0.15, 0.2) is 0 Å². The third kappa shape index (κ3) is 6.13. The monoisotopic (exact) mass is 353 g/mol. The molecule has 0 fully saturated rings. The van der Waals surface area contributed by atoms with E-state index in [1.54, 1.807) is 0 Å². The molecule has 0 saturated heterocycles. The third-order valence-electron chi connectivity index (χ3n) is 5.97. The molecule has 26 heavy (non-hydrogen) atoms. The van der Waals surface area contributed by atoms with E-state index in [4.69, 9.17) is 5.73 Å². The maximum absolute atomic E-state index is 6.78. The molecule has 1 nitrogen and oxygen atoms in total. The molecule has 3 unspecified atom stereocenters. The van der Waals surface area contributed by atoms with Crippen molar-refractivity contribution in [1.82, 2.24) is 0 Å². The smallest absolute Gasteiger partial charge is 0.00987 e. The molecule has 0 amide bonds. The van der Waals surface area contributed by atoms with E-state index in [0.29, 0.717) is 17.9 Å². The van der Waals surface area contributed by atoms with Crippen LogP contribution in [0.1, 0.15) is 81.9 Å². The van der Waals surface area contributed by atoms with Crippen molar-refractivity contribution in [3.8, 4) is 0 Å². The van der Waals surface area contributed by atoms with Crippen LogP contribution in [-0.2, 0) is 0 Å². The summed E-state index contributed by atoms with van der Waals surface area (Å²) in [5, 5.41) is 0. The van der Waals surface area contributed by atoms with Crippen LogP contribution in [0.5, 0.6) is 0 Å². The van der Waals surface area contributed by atoms with Crippen molar-refractivity contribution in [1.29, 1.82) is 0 Å². The Hall–Kier alpha value is -1.34. The summed E-state index contributed by atoms with van der Waals surface area (Å²) in [7, 11) is 0. The average molecular weight is 354 g/mol. The highest BCUT2D eigenvalue weighted by Crippen LogP contribution is 2.35. The van der Waals surface area contributed by atoms with E-state index >= 15 is 0 Å². The van der Waals surface area contributed by atoms with E-state index in [1.165, 1.54) is 66.4 Å². The maximum atomic E-state index is 6.78. The Bertz CT molecular complexity index is 605. The van der Waals surface area contributed by atoms with Gasteiger partial charge in [0, 0.05) is 6.04 Å². The first kappa shape index (κ1) is 21.0. The number of allylic oxidation sites excluding steroid dienone is 3. The Labute approximate surface area is 161 Å². The summed E-state index contributed by atoms with van der Waals surface area (Å²) in [4.78, 5) is 0. The van der Waals surface area contributed by atoms with Gasteiger partial charge in [-0.15, -0.1) is 6.58 Å². The summed E-state index contributed by atoms with van der Waals surface area (Å²) in [5.74, 6) is 1.31. The molecule has 0 radical (unpaired) electrons. The standard InChI is InChI=1S/C25H39N/c1-6-8-22(10-7-9-18(2)3)25(26)23-13-11-21(12-14-23)24-16-19(4)15-20(5)17-24/h11,15-17,22-23,25H,2,6-10,12-14,26H2,1,3-5H3. The van der Waals surface area contributed by atoms with Gasteiger partial charge >= 0.3 is 0 Å². The van der Waals surface area contributed by atoms with Crippen molar-refractivity contribution >= 4 is 5.57 Å². The highest BCUT2D eigenvalue weighted by Gasteiger charge is 2.27. The Morgan fingerprint density at radius 3 is 2.42 bits per heavy atom. The van der Waals surface area contributed by atoms with Gasteiger partial charge in [0.2, 0.25) is 0 Å². The van der Waals surface area contributed by atoms with Crippen molar-refractivity contribution < 1.29 is 0 Å². The molecule has 1 aliphatic rings. The minimum atomic E-state index is 0.345. The van der Waals surface area contributed by atoms with Crippen LogP contribution in [0.25, 0.3) is 5.57 Å². The number of nitrogens with two attached hydrogens (primary N) is 1. The number of aryl methyl sites for hydroxylation is 2. The van der Waals surface area contributed by atoms with Gasteiger partial charge in [0.1, 0.15) is 0 Å². The second-order valence-corrected chi connectivity index (χ2v) is 8.62. The molecule has 144 valence electrons. The number of rotatable bonds is 9. The molecule has 0 saturated carbocycles. The molecular weight excluding hydrogens is 314 g/mol. The van der Waals surface area contributed by atoms with E-state index in [0.717, 1.165) is 12.8 Å². The predicted molar refractivity (Wildman–Crippen MR) is 116 cm³/mol. The molecule has 0 aromatic heterocycles. The summed E-state index contributed by atoms with van der Waals surface area (Å²) < 4.78 is 0. The Kier molecular flexibility index (Phi) is 8.15. The van der Waals surface area contributed by atoms with Crippen molar-refractivity contribution in [2.24, 2.45) is 17.6 Å². The van der Waals surface area contributed by atoms with E-state index in [9.17, 15) is 0 Å². The minimum absolute atomic E-state index is 0.345. The van der Waals surface area contributed by atoms with Crippen LogP contribution >= 0.6 is 0 Å². The van der Waals surface area contributed by atoms with E-state index in [-0.39, 0.29) is 0 Å². The first-order chi connectivity index (χ1) is 12.4. The van der Waals surface area contributed by atoms with Gasteiger partial charge in [0.05, 0.1) is 0 Å². The van der Waals surface area contributed by atoms with Gasteiger partial charge in [-0.05, 0) is 88.7 Å². The molecule has 0 aliphatic heterocycles. The first-order valence-corrected chi connectivity index (χ1v) is 10.6. The van der Waals surface area contributed by atoms with Gasteiger partial charge in [-0.25, -0.2) is 0 Å². The zero-order chi connectivity index (χ0) is 19.1. The summed E-state index contributed by atoms with van der Waals surface area (Å²) in [6, 6.07) is 7.26. The summed E-state index contributed by atoms with van der Waals surface area (Å²) in [6.45, 7) is 12.9. The molecule has 2 N–H and O–H groups in total. The van der Waals surface area contributed by atoms with Crippen molar-refractivity contribution in [3.63, 3.8) is 0 Å². The lowest BCUT2D eigenvalue weighted by molar-refractivity contribution is 0.261. The Balaban J connectivity index is 1.98. The van der Waals surface area contributed by atoms with Crippen molar-refractivity contribution in [2.75, 3.05) is 0 Å². The zero-order valence-corrected chi connectivity index (χ0v) is 17.5. The third-order valence-corrected chi connectivity index (χ3v) is 5.97. The largest absolute Gasteiger partial charge is 0.327 e. The van der Waals surface area contributed by atoms with E-state index in [1.807, 2.05) is 0 Å². The molecule has 0 heterocycles. The SMILES string of the molecule is C=C(C)CCCC(CCC)C(N)C1CC=C(c2cc(C)cc(C)c2)CC1. The van der Waals surface area contributed by atoms with Crippen LogP contribution < -0.4 is 5.73 Å². The topological polar surface area (TPSA) is 26.0 Å². The number of hydrogen-bond donors (Lipinski definition) is 1. The van der Waals surface area contributed by atoms with Crippen LogP contribution in [0, 0.1) is 25.7 Å². The number of hydrogen-bond acceptors (Lipinski definition) is 1. The van der Waals surface area contributed by atoms with Crippen LogP contribution in [0.2, 0.25) is 0 Å². The van der Waals surface area contributed by atoms with Crippen molar-refractivity contribution in [2.45, 2.75) is 85.1 Å². The predicted octanol–water partition coefficient (Wildman–Crippen LogP) is 6.98. The van der Waals surface area contributed by atoms with Crippen LogP contribution in [0.3, 0.4) is 0 Å². The quantitative estimate of drug-likeness (QED) is 0.476. The minimum Gasteiger partial charge on any atom is -0.327 e. The summed E-state index contributed by atoms with van der Waals surface area (Å²) >= 11 is 0. The van der Waals surface area contributed by atoms with E-state index < -0.39 is 0 Å². The highest BCUT2D eigenvalue weighted by molar-refractivity contribution is 5.67. The van der Waals surface area contributed by atoms with Gasteiger partial charge in [-0.3, -0.25) is 0 Å².